The molecular formula is C19H25Cl2F2N3O2S. The van der Waals surface area contributed by atoms with Gasteiger partial charge in [0, 0.05) is 24.2 Å². The van der Waals surface area contributed by atoms with Crippen molar-refractivity contribution < 1.29 is 18.4 Å². The number of thioether (sulfide) groups is 1. The zero-order valence-electron chi connectivity index (χ0n) is 16.1. The zero-order valence-corrected chi connectivity index (χ0v) is 18.4. The molecule has 0 aliphatic carbocycles. The quantitative estimate of drug-likeness (QED) is 0.581. The van der Waals surface area contributed by atoms with Crippen molar-refractivity contribution in [2.45, 2.75) is 37.8 Å². The van der Waals surface area contributed by atoms with Gasteiger partial charge in [0.15, 0.2) is 0 Å². The number of likely N-dealkylation sites (tertiary alicyclic amines) is 1. The van der Waals surface area contributed by atoms with Crippen molar-refractivity contribution in [1.82, 2.24) is 15.5 Å². The molecule has 1 aliphatic rings. The molecule has 1 fully saturated rings. The molecule has 1 heterocycles. The van der Waals surface area contributed by atoms with Gasteiger partial charge in [-0.2, -0.15) is 11.8 Å². The third-order valence-corrected chi connectivity index (χ3v) is 5.93. The van der Waals surface area contributed by atoms with Gasteiger partial charge in [0.25, 0.3) is 12.3 Å². The van der Waals surface area contributed by atoms with Gasteiger partial charge in [0.2, 0.25) is 5.91 Å². The van der Waals surface area contributed by atoms with Crippen LogP contribution in [0.15, 0.2) is 18.2 Å². The Labute approximate surface area is 183 Å². The Balaban J connectivity index is 1.94. The van der Waals surface area contributed by atoms with Crippen LogP contribution < -0.4 is 10.6 Å². The van der Waals surface area contributed by atoms with Gasteiger partial charge < -0.3 is 10.6 Å². The van der Waals surface area contributed by atoms with Crippen LogP contribution in [0, 0.1) is 0 Å². The van der Waals surface area contributed by atoms with E-state index in [-0.39, 0.29) is 29.1 Å². The molecule has 1 aromatic rings. The van der Waals surface area contributed by atoms with E-state index in [0.717, 1.165) is 0 Å². The van der Waals surface area contributed by atoms with E-state index in [9.17, 15) is 18.4 Å². The molecule has 1 saturated heterocycles. The molecule has 1 aromatic carbocycles. The standard InChI is InChI=1S/C19H25Cl2F2N3O2S/c1-29-9-6-16(25-18(27)14-3-2-12(20)10-15(14)21)19(28)24-13-4-7-26(8-5-13)11-17(22)23/h2-3,10,13,16-17H,4-9,11H2,1H3,(H,24,28)(H,25,27). The number of rotatable bonds is 9. The smallest absolute Gasteiger partial charge is 0.253 e. The highest BCUT2D eigenvalue weighted by Gasteiger charge is 2.27. The summed E-state index contributed by atoms with van der Waals surface area (Å²) >= 11 is 13.5. The molecule has 1 aliphatic heterocycles. The summed E-state index contributed by atoms with van der Waals surface area (Å²) < 4.78 is 25.0. The third-order valence-electron chi connectivity index (χ3n) is 4.74. The fraction of sp³-hybridized carbons (Fsp3) is 0.579. The maximum Gasteiger partial charge on any atom is 0.253 e. The van der Waals surface area contributed by atoms with Gasteiger partial charge in [-0.3, -0.25) is 14.5 Å². The summed E-state index contributed by atoms with van der Waals surface area (Å²) in [4.78, 5) is 27.0. The SMILES string of the molecule is CSCCC(NC(=O)c1ccc(Cl)cc1Cl)C(=O)NC1CCN(CC(F)F)CC1. The first kappa shape index (κ1) is 24.2. The predicted molar refractivity (Wildman–Crippen MR) is 114 cm³/mol. The Kier molecular flexibility index (Phi) is 9.95. The maximum absolute atomic E-state index is 12.8. The van der Waals surface area contributed by atoms with E-state index < -0.39 is 18.4 Å². The first-order chi connectivity index (χ1) is 13.8. The number of amides is 2. The Morgan fingerprint density at radius 3 is 2.55 bits per heavy atom. The lowest BCUT2D eigenvalue weighted by molar-refractivity contribution is -0.124. The second kappa shape index (κ2) is 11.9. The molecular weight excluding hydrogens is 443 g/mol. The van der Waals surface area contributed by atoms with Crippen LogP contribution in [-0.4, -0.2) is 66.9 Å². The van der Waals surface area contributed by atoms with Gasteiger partial charge in [0.05, 0.1) is 17.1 Å². The first-order valence-corrected chi connectivity index (χ1v) is 11.5. The molecule has 1 atom stereocenters. The number of hydrogen-bond acceptors (Lipinski definition) is 4. The summed E-state index contributed by atoms with van der Waals surface area (Å²) in [6.45, 7) is 0.782. The number of halogens is 4. The predicted octanol–water partition coefficient (Wildman–Crippen LogP) is 3.69. The van der Waals surface area contributed by atoms with Gasteiger partial charge in [-0.15, -0.1) is 0 Å². The molecule has 5 nitrogen and oxygen atoms in total. The summed E-state index contributed by atoms with van der Waals surface area (Å²) in [6.07, 6.45) is 1.24. The Hall–Kier alpha value is -1.09. The van der Waals surface area contributed by atoms with Crippen LogP contribution in [0.4, 0.5) is 8.78 Å². The number of hydrogen-bond donors (Lipinski definition) is 2. The molecule has 162 valence electrons. The summed E-state index contributed by atoms with van der Waals surface area (Å²) in [7, 11) is 0. The normalized spacial score (nSPS) is 16.6. The molecule has 1 unspecified atom stereocenters. The highest BCUT2D eigenvalue weighted by molar-refractivity contribution is 7.98. The van der Waals surface area contributed by atoms with Crippen molar-refractivity contribution in [3.8, 4) is 0 Å². The molecule has 29 heavy (non-hydrogen) atoms. The molecule has 2 rings (SSSR count). The Bertz CT molecular complexity index is 704. The van der Waals surface area contributed by atoms with Crippen LogP contribution in [0.5, 0.6) is 0 Å². The number of carbonyl (C=O) groups is 2. The van der Waals surface area contributed by atoms with E-state index in [0.29, 0.717) is 43.1 Å². The molecule has 0 aromatic heterocycles. The van der Waals surface area contributed by atoms with E-state index in [2.05, 4.69) is 10.6 Å². The van der Waals surface area contributed by atoms with E-state index in [1.807, 2.05) is 6.26 Å². The molecule has 10 heteroatoms. The molecule has 0 bridgehead atoms. The van der Waals surface area contributed by atoms with Crippen molar-refractivity contribution in [3.05, 3.63) is 33.8 Å². The summed E-state index contributed by atoms with van der Waals surface area (Å²) in [6, 6.07) is 3.75. The van der Waals surface area contributed by atoms with Crippen molar-refractivity contribution in [3.63, 3.8) is 0 Å². The molecule has 2 amide bonds. The number of nitrogens with one attached hydrogen (secondary N) is 2. The monoisotopic (exact) mass is 467 g/mol. The first-order valence-electron chi connectivity index (χ1n) is 9.36. The van der Waals surface area contributed by atoms with Crippen molar-refractivity contribution >= 4 is 46.8 Å². The van der Waals surface area contributed by atoms with Crippen LogP contribution >= 0.6 is 35.0 Å². The third kappa shape index (κ3) is 7.92. The van der Waals surface area contributed by atoms with E-state index >= 15 is 0 Å². The number of alkyl halides is 2. The minimum absolute atomic E-state index is 0.0933. The molecule has 0 spiro atoms. The highest BCUT2D eigenvalue weighted by atomic mass is 35.5. The highest BCUT2D eigenvalue weighted by Crippen LogP contribution is 2.21. The van der Waals surface area contributed by atoms with Crippen molar-refractivity contribution in [2.75, 3.05) is 31.6 Å². The second-order valence-electron chi connectivity index (χ2n) is 6.91. The summed E-state index contributed by atoms with van der Waals surface area (Å²) in [5.41, 5.74) is 0.248. The maximum atomic E-state index is 12.8. The lowest BCUT2D eigenvalue weighted by Crippen LogP contribution is -2.52. The van der Waals surface area contributed by atoms with Crippen molar-refractivity contribution in [2.24, 2.45) is 0 Å². The van der Waals surface area contributed by atoms with Crippen LogP contribution in [-0.2, 0) is 4.79 Å². The van der Waals surface area contributed by atoms with Crippen LogP contribution in [0.2, 0.25) is 10.0 Å². The number of carbonyl (C=O) groups excluding carboxylic acids is 2. The molecule has 0 radical (unpaired) electrons. The zero-order chi connectivity index (χ0) is 21.4. The fourth-order valence-corrected chi connectivity index (χ4v) is 4.14. The van der Waals surface area contributed by atoms with Crippen LogP contribution in [0.25, 0.3) is 0 Å². The van der Waals surface area contributed by atoms with Crippen LogP contribution in [0.3, 0.4) is 0 Å². The summed E-state index contributed by atoms with van der Waals surface area (Å²) in [5, 5.41) is 6.33. The van der Waals surface area contributed by atoms with Gasteiger partial charge in [-0.25, -0.2) is 8.78 Å². The average molecular weight is 468 g/mol. The topological polar surface area (TPSA) is 61.4 Å². The molecule has 2 N–H and O–H groups in total. The Morgan fingerprint density at radius 1 is 1.28 bits per heavy atom. The lowest BCUT2D eigenvalue weighted by atomic mass is 10.0. The lowest BCUT2D eigenvalue weighted by Gasteiger charge is -2.32. The number of benzene rings is 1. The largest absolute Gasteiger partial charge is 0.351 e. The van der Waals surface area contributed by atoms with E-state index in [1.54, 1.807) is 22.7 Å². The Morgan fingerprint density at radius 2 is 1.97 bits per heavy atom. The van der Waals surface area contributed by atoms with Gasteiger partial charge in [-0.05, 0) is 49.5 Å². The summed E-state index contributed by atoms with van der Waals surface area (Å²) in [5.74, 6) is -0.0241. The van der Waals surface area contributed by atoms with E-state index in [1.165, 1.54) is 12.1 Å². The fourth-order valence-electron chi connectivity index (χ4n) is 3.17. The van der Waals surface area contributed by atoms with E-state index in [4.69, 9.17) is 23.2 Å². The minimum atomic E-state index is -2.35. The minimum Gasteiger partial charge on any atom is -0.351 e. The van der Waals surface area contributed by atoms with Crippen LogP contribution in [0.1, 0.15) is 29.6 Å². The number of piperidine rings is 1. The van der Waals surface area contributed by atoms with Gasteiger partial charge >= 0.3 is 0 Å². The second-order valence-corrected chi connectivity index (χ2v) is 8.74. The van der Waals surface area contributed by atoms with Gasteiger partial charge in [-0.1, -0.05) is 23.2 Å². The average Bonchev–Trinajstić information content (AvgIpc) is 2.66. The van der Waals surface area contributed by atoms with Gasteiger partial charge in [0.1, 0.15) is 6.04 Å². The number of nitrogens with zero attached hydrogens (tertiary/aromatic N) is 1. The molecule has 0 saturated carbocycles. The van der Waals surface area contributed by atoms with Crippen molar-refractivity contribution in [1.29, 1.82) is 0 Å².